The molecule has 0 saturated heterocycles. The Morgan fingerprint density at radius 2 is 1.30 bits per heavy atom. The van der Waals surface area contributed by atoms with Gasteiger partial charge in [0.05, 0.1) is 0 Å². The molecule has 0 atom stereocenters. The van der Waals surface area contributed by atoms with Crippen LogP contribution in [-0.4, -0.2) is 4.98 Å². The van der Waals surface area contributed by atoms with Crippen molar-refractivity contribution in [2.45, 2.75) is 0 Å². The van der Waals surface area contributed by atoms with Crippen LogP contribution >= 0.6 is 0 Å². The lowest BCUT2D eigenvalue weighted by atomic mass is 10.0. The predicted octanol–water partition coefficient (Wildman–Crippen LogP) is 6.85. The third-order valence-electron chi connectivity index (χ3n) is 4.75. The van der Waals surface area contributed by atoms with Crippen LogP contribution in [0, 0.1) is 0 Å². The van der Waals surface area contributed by atoms with Crippen molar-refractivity contribution in [3.05, 3.63) is 103 Å². The molecule has 0 radical (unpaired) electrons. The van der Waals surface area contributed by atoms with Crippen LogP contribution in [0.3, 0.4) is 0 Å². The zero-order valence-electron chi connectivity index (χ0n) is 14.7. The van der Waals surface area contributed by atoms with Gasteiger partial charge in [-0.25, -0.2) is 4.98 Å². The third-order valence-corrected chi connectivity index (χ3v) is 4.75. The smallest absolute Gasteiger partial charge is 0.227 e. The maximum atomic E-state index is 6.19. The van der Waals surface area contributed by atoms with Crippen LogP contribution in [-0.2, 0) is 0 Å². The molecule has 1 aromatic heterocycles. The molecule has 0 N–H and O–H groups in total. The van der Waals surface area contributed by atoms with E-state index in [1.165, 1.54) is 16.3 Å². The summed E-state index contributed by atoms with van der Waals surface area (Å²) in [6.07, 6.45) is 1.80. The summed E-state index contributed by atoms with van der Waals surface area (Å²) in [4.78, 5) is 4.49. The highest BCUT2D eigenvalue weighted by Crippen LogP contribution is 2.32. The van der Waals surface area contributed by atoms with E-state index in [1.807, 2.05) is 42.5 Å². The van der Waals surface area contributed by atoms with Gasteiger partial charge in [0.1, 0.15) is 5.75 Å². The van der Waals surface area contributed by atoms with Gasteiger partial charge >= 0.3 is 0 Å². The largest absolute Gasteiger partial charge is 0.438 e. The molecular formula is C25H17NO. The molecule has 128 valence electrons. The summed E-state index contributed by atoms with van der Waals surface area (Å²) in [6, 6.07) is 33.1. The highest BCUT2D eigenvalue weighted by atomic mass is 16.5. The molecular weight excluding hydrogens is 330 g/mol. The van der Waals surface area contributed by atoms with Crippen LogP contribution < -0.4 is 4.74 Å². The molecule has 2 heteroatoms. The second kappa shape index (κ2) is 6.58. The zero-order valence-corrected chi connectivity index (χ0v) is 14.7. The fraction of sp³-hybridized carbons (Fsp3) is 0. The van der Waals surface area contributed by atoms with Gasteiger partial charge in [-0.15, -0.1) is 0 Å². The number of benzene rings is 4. The minimum Gasteiger partial charge on any atom is -0.438 e. The number of fused-ring (bicyclic) bond motifs is 2. The van der Waals surface area contributed by atoms with Gasteiger partial charge in [-0.1, -0.05) is 66.7 Å². The Labute approximate surface area is 157 Å². The molecule has 0 aliphatic carbocycles. The van der Waals surface area contributed by atoms with Gasteiger partial charge in [0.25, 0.3) is 0 Å². The van der Waals surface area contributed by atoms with Gasteiger partial charge in [-0.05, 0) is 57.6 Å². The average Bonchev–Trinajstić information content (AvgIpc) is 2.73. The van der Waals surface area contributed by atoms with Crippen molar-refractivity contribution in [3.63, 3.8) is 0 Å². The molecule has 5 aromatic rings. The monoisotopic (exact) mass is 347 g/mol. The van der Waals surface area contributed by atoms with E-state index in [1.54, 1.807) is 6.20 Å². The molecule has 1 heterocycles. The first-order chi connectivity index (χ1) is 13.4. The van der Waals surface area contributed by atoms with Crippen molar-refractivity contribution in [3.8, 4) is 22.8 Å². The Balaban J connectivity index is 1.58. The predicted molar refractivity (Wildman–Crippen MR) is 111 cm³/mol. The normalized spacial score (nSPS) is 11.0. The highest BCUT2D eigenvalue weighted by Gasteiger charge is 2.08. The number of rotatable bonds is 3. The summed E-state index contributed by atoms with van der Waals surface area (Å²) < 4.78 is 6.19. The van der Waals surface area contributed by atoms with Crippen molar-refractivity contribution < 1.29 is 4.74 Å². The highest BCUT2D eigenvalue weighted by molar-refractivity contribution is 6.00. The van der Waals surface area contributed by atoms with E-state index in [4.69, 9.17) is 4.74 Å². The number of aromatic nitrogens is 1. The summed E-state index contributed by atoms with van der Waals surface area (Å²) >= 11 is 0. The van der Waals surface area contributed by atoms with E-state index >= 15 is 0 Å². The van der Waals surface area contributed by atoms with E-state index in [0.29, 0.717) is 5.88 Å². The Morgan fingerprint density at radius 1 is 0.556 bits per heavy atom. The maximum Gasteiger partial charge on any atom is 0.227 e. The number of hydrogen-bond donors (Lipinski definition) is 0. The average molecular weight is 347 g/mol. The quantitative estimate of drug-likeness (QED) is 0.333. The first-order valence-corrected chi connectivity index (χ1v) is 8.98. The maximum absolute atomic E-state index is 6.19. The molecule has 0 amide bonds. The second-order valence-electron chi connectivity index (χ2n) is 6.53. The topological polar surface area (TPSA) is 22.1 Å². The first kappa shape index (κ1) is 15.6. The van der Waals surface area contributed by atoms with Crippen LogP contribution in [0.15, 0.2) is 103 Å². The minimum absolute atomic E-state index is 0.628. The number of ether oxygens (including phenoxy) is 1. The van der Waals surface area contributed by atoms with Crippen molar-refractivity contribution in [2.24, 2.45) is 0 Å². The summed E-state index contributed by atoms with van der Waals surface area (Å²) in [5.74, 6) is 1.41. The first-order valence-electron chi connectivity index (χ1n) is 8.98. The van der Waals surface area contributed by atoms with Gasteiger partial charge in [-0.3, -0.25) is 0 Å². The van der Waals surface area contributed by atoms with Gasteiger partial charge < -0.3 is 4.74 Å². The molecule has 2 nitrogen and oxygen atoms in total. The van der Waals surface area contributed by atoms with Crippen molar-refractivity contribution in [1.82, 2.24) is 4.98 Å². The Kier molecular flexibility index (Phi) is 3.80. The number of hydrogen-bond acceptors (Lipinski definition) is 2. The fourth-order valence-electron chi connectivity index (χ4n) is 3.40. The lowest BCUT2D eigenvalue weighted by Crippen LogP contribution is -1.90. The van der Waals surface area contributed by atoms with Crippen molar-refractivity contribution >= 4 is 21.5 Å². The SMILES string of the molecule is c1ccc(-c2cccc(Oc3nccc4cc5ccccc5cc34)c2)cc1. The zero-order chi connectivity index (χ0) is 18.1. The molecule has 0 unspecified atom stereocenters. The van der Waals surface area contributed by atoms with Crippen LogP contribution in [0.5, 0.6) is 11.6 Å². The lowest BCUT2D eigenvalue weighted by molar-refractivity contribution is 0.469. The minimum atomic E-state index is 0.628. The van der Waals surface area contributed by atoms with E-state index in [9.17, 15) is 0 Å². The Bertz CT molecular complexity index is 1250. The molecule has 0 aliphatic rings. The molecule has 0 bridgehead atoms. The Hall–Kier alpha value is -3.65. The molecule has 5 rings (SSSR count). The van der Waals surface area contributed by atoms with Crippen LogP contribution in [0.1, 0.15) is 0 Å². The van der Waals surface area contributed by atoms with Gasteiger partial charge in [-0.2, -0.15) is 0 Å². The number of nitrogens with zero attached hydrogens (tertiary/aromatic N) is 1. The van der Waals surface area contributed by atoms with Crippen LogP contribution in [0.25, 0.3) is 32.7 Å². The standard InChI is InChI=1S/C25H17NO/c1-2-7-18(8-3-1)20-11-6-12-23(16-20)27-25-24-17-21-10-5-4-9-19(21)15-22(24)13-14-26-25/h1-17H. The molecule has 0 spiro atoms. The van der Waals surface area contributed by atoms with Crippen LogP contribution in [0.2, 0.25) is 0 Å². The molecule has 0 aliphatic heterocycles. The summed E-state index contributed by atoms with van der Waals surface area (Å²) in [5, 5.41) is 4.54. The fourth-order valence-corrected chi connectivity index (χ4v) is 3.40. The molecule has 27 heavy (non-hydrogen) atoms. The van der Waals surface area contributed by atoms with Gasteiger partial charge in [0.2, 0.25) is 5.88 Å². The summed E-state index contributed by atoms with van der Waals surface area (Å²) in [7, 11) is 0. The molecule has 4 aromatic carbocycles. The lowest BCUT2D eigenvalue weighted by Gasteiger charge is -2.10. The van der Waals surface area contributed by atoms with E-state index in [0.717, 1.165) is 22.1 Å². The van der Waals surface area contributed by atoms with E-state index in [2.05, 4.69) is 59.6 Å². The van der Waals surface area contributed by atoms with Gasteiger partial charge in [0.15, 0.2) is 0 Å². The van der Waals surface area contributed by atoms with E-state index in [-0.39, 0.29) is 0 Å². The second-order valence-corrected chi connectivity index (χ2v) is 6.53. The summed E-state index contributed by atoms with van der Waals surface area (Å²) in [5.41, 5.74) is 2.29. The van der Waals surface area contributed by atoms with Crippen LogP contribution in [0.4, 0.5) is 0 Å². The number of pyridine rings is 1. The summed E-state index contributed by atoms with van der Waals surface area (Å²) in [6.45, 7) is 0. The molecule has 0 saturated carbocycles. The third kappa shape index (κ3) is 3.02. The molecule has 0 fully saturated rings. The van der Waals surface area contributed by atoms with Crippen molar-refractivity contribution in [1.29, 1.82) is 0 Å². The van der Waals surface area contributed by atoms with Crippen molar-refractivity contribution in [2.75, 3.05) is 0 Å². The van der Waals surface area contributed by atoms with Gasteiger partial charge in [0, 0.05) is 11.6 Å². The Morgan fingerprint density at radius 3 is 2.15 bits per heavy atom. The van der Waals surface area contributed by atoms with E-state index < -0.39 is 0 Å².